The number of carbonyl (C=O) groups excluding carboxylic acids is 2. The molecule has 3 rings (SSSR count). The second-order valence-corrected chi connectivity index (χ2v) is 6.65. The minimum atomic E-state index is -0.384. The van der Waals surface area contributed by atoms with Crippen LogP contribution in [0.2, 0.25) is 0 Å². The maximum Gasteiger partial charge on any atom is 0.271 e. The van der Waals surface area contributed by atoms with Crippen LogP contribution in [0, 0.1) is 0 Å². The summed E-state index contributed by atoms with van der Waals surface area (Å²) in [6, 6.07) is 17.6. The number of carbonyl (C=O) groups is 2. The van der Waals surface area contributed by atoms with Gasteiger partial charge in [0.25, 0.3) is 5.91 Å². The number of hydrazone groups is 1. The molecule has 0 heterocycles. The van der Waals surface area contributed by atoms with Crippen LogP contribution >= 0.6 is 0 Å². The molecule has 0 spiro atoms. The number of unbranched alkanes of at least 4 members (excludes halogenated alkanes) is 1. The van der Waals surface area contributed by atoms with E-state index in [1.54, 1.807) is 30.3 Å². The summed E-state index contributed by atoms with van der Waals surface area (Å²) in [4.78, 5) is 24.0. The van der Waals surface area contributed by atoms with Gasteiger partial charge in [0, 0.05) is 23.2 Å². The zero-order chi connectivity index (χ0) is 20.6. The molecule has 3 aromatic rings. The van der Waals surface area contributed by atoms with E-state index >= 15 is 0 Å². The summed E-state index contributed by atoms with van der Waals surface area (Å²) in [5.74, 6) is -0.335. The SMILES string of the molecule is CCCCC(=O)Nc1ccc(C(=O)NN=Cc2c(O)ccc3ccccc23)cc1. The molecule has 0 aliphatic carbocycles. The van der Waals surface area contributed by atoms with Gasteiger partial charge in [-0.3, -0.25) is 9.59 Å². The standard InChI is InChI=1S/C23H23N3O3/c1-2-3-8-22(28)25-18-12-9-17(10-13-18)23(29)26-24-15-20-19-7-5-4-6-16(19)11-14-21(20)27/h4-7,9-15,27H,2-3,8H2,1H3,(H,25,28)(H,26,29). The summed E-state index contributed by atoms with van der Waals surface area (Å²) in [6.45, 7) is 2.03. The molecule has 0 aliphatic rings. The van der Waals surface area contributed by atoms with Crippen molar-refractivity contribution in [2.75, 3.05) is 5.32 Å². The lowest BCUT2D eigenvalue weighted by atomic mass is 10.0. The molecule has 0 aromatic heterocycles. The fourth-order valence-corrected chi connectivity index (χ4v) is 2.91. The summed E-state index contributed by atoms with van der Waals surface area (Å²) < 4.78 is 0. The molecule has 0 unspecified atom stereocenters. The van der Waals surface area contributed by atoms with Crippen molar-refractivity contribution in [3.8, 4) is 5.75 Å². The van der Waals surface area contributed by atoms with Crippen molar-refractivity contribution in [2.45, 2.75) is 26.2 Å². The molecule has 0 radical (unpaired) electrons. The van der Waals surface area contributed by atoms with Crippen LogP contribution in [0.1, 0.15) is 42.1 Å². The van der Waals surface area contributed by atoms with E-state index in [1.165, 1.54) is 6.21 Å². The van der Waals surface area contributed by atoms with E-state index in [0.717, 1.165) is 23.6 Å². The number of nitrogens with one attached hydrogen (secondary N) is 2. The maximum absolute atomic E-state index is 12.3. The average molecular weight is 389 g/mol. The molecule has 6 nitrogen and oxygen atoms in total. The molecule has 0 saturated heterocycles. The van der Waals surface area contributed by atoms with Crippen LogP contribution < -0.4 is 10.7 Å². The van der Waals surface area contributed by atoms with Crippen molar-refractivity contribution < 1.29 is 14.7 Å². The first-order chi connectivity index (χ1) is 14.1. The van der Waals surface area contributed by atoms with Crippen LogP contribution in [-0.4, -0.2) is 23.1 Å². The van der Waals surface area contributed by atoms with Gasteiger partial charge in [0.05, 0.1) is 6.21 Å². The predicted octanol–water partition coefficient (Wildman–Crippen LogP) is 4.44. The van der Waals surface area contributed by atoms with Crippen molar-refractivity contribution in [2.24, 2.45) is 5.10 Å². The Morgan fingerprint density at radius 3 is 2.55 bits per heavy atom. The minimum Gasteiger partial charge on any atom is -0.507 e. The Labute approximate surface area is 169 Å². The fraction of sp³-hybridized carbons (Fsp3) is 0.174. The van der Waals surface area contributed by atoms with Gasteiger partial charge >= 0.3 is 0 Å². The van der Waals surface area contributed by atoms with Crippen LogP contribution in [0.3, 0.4) is 0 Å². The number of rotatable bonds is 7. The normalized spacial score (nSPS) is 10.9. The number of fused-ring (bicyclic) bond motifs is 1. The summed E-state index contributed by atoms with van der Waals surface area (Å²) in [5.41, 5.74) is 4.05. The number of hydrogen-bond donors (Lipinski definition) is 3. The molecular formula is C23H23N3O3. The Kier molecular flexibility index (Phi) is 6.58. The largest absolute Gasteiger partial charge is 0.507 e. The zero-order valence-corrected chi connectivity index (χ0v) is 16.2. The van der Waals surface area contributed by atoms with Crippen LogP contribution in [0.15, 0.2) is 65.8 Å². The Morgan fingerprint density at radius 2 is 1.79 bits per heavy atom. The minimum absolute atomic E-state index is 0.0384. The Balaban J connectivity index is 1.64. The van der Waals surface area contributed by atoms with E-state index in [2.05, 4.69) is 15.8 Å². The summed E-state index contributed by atoms with van der Waals surface area (Å²) in [5, 5.41) is 18.7. The molecule has 0 saturated carbocycles. The van der Waals surface area contributed by atoms with Crippen LogP contribution in [0.25, 0.3) is 10.8 Å². The third-order valence-corrected chi connectivity index (χ3v) is 4.50. The number of amides is 2. The number of benzene rings is 3. The second-order valence-electron chi connectivity index (χ2n) is 6.65. The van der Waals surface area contributed by atoms with Crippen molar-refractivity contribution in [1.29, 1.82) is 0 Å². The maximum atomic E-state index is 12.3. The van der Waals surface area contributed by atoms with Gasteiger partial charge in [-0.05, 0) is 47.5 Å². The van der Waals surface area contributed by atoms with E-state index in [-0.39, 0.29) is 17.6 Å². The smallest absolute Gasteiger partial charge is 0.271 e. The predicted molar refractivity (Wildman–Crippen MR) is 115 cm³/mol. The summed E-state index contributed by atoms with van der Waals surface area (Å²) >= 11 is 0. The molecule has 148 valence electrons. The number of hydrogen-bond acceptors (Lipinski definition) is 4. The molecule has 2 amide bonds. The highest BCUT2D eigenvalue weighted by molar-refractivity contribution is 6.03. The van der Waals surface area contributed by atoms with Gasteiger partial charge < -0.3 is 10.4 Å². The zero-order valence-electron chi connectivity index (χ0n) is 16.2. The van der Waals surface area contributed by atoms with Gasteiger partial charge in [-0.15, -0.1) is 0 Å². The lowest BCUT2D eigenvalue weighted by molar-refractivity contribution is -0.116. The highest BCUT2D eigenvalue weighted by atomic mass is 16.3. The topological polar surface area (TPSA) is 90.8 Å². The lowest BCUT2D eigenvalue weighted by Crippen LogP contribution is -2.17. The lowest BCUT2D eigenvalue weighted by Gasteiger charge is -2.06. The molecule has 0 aliphatic heterocycles. The van der Waals surface area contributed by atoms with E-state index in [4.69, 9.17) is 0 Å². The van der Waals surface area contributed by atoms with E-state index in [1.807, 2.05) is 37.3 Å². The van der Waals surface area contributed by atoms with Crippen molar-refractivity contribution >= 4 is 34.5 Å². The van der Waals surface area contributed by atoms with Crippen molar-refractivity contribution in [3.63, 3.8) is 0 Å². The average Bonchev–Trinajstić information content (AvgIpc) is 2.74. The Hall–Kier alpha value is -3.67. The van der Waals surface area contributed by atoms with Crippen LogP contribution in [-0.2, 0) is 4.79 Å². The fourth-order valence-electron chi connectivity index (χ4n) is 2.91. The molecule has 3 N–H and O–H groups in total. The summed E-state index contributed by atoms with van der Waals surface area (Å²) in [6.07, 6.45) is 3.71. The van der Waals surface area contributed by atoms with Crippen LogP contribution in [0.4, 0.5) is 5.69 Å². The Morgan fingerprint density at radius 1 is 1.03 bits per heavy atom. The van der Waals surface area contributed by atoms with Gasteiger partial charge in [-0.1, -0.05) is 43.7 Å². The molecule has 0 atom stereocenters. The third-order valence-electron chi connectivity index (χ3n) is 4.50. The first kappa shape index (κ1) is 20.1. The number of phenolic OH excluding ortho intramolecular Hbond substituents is 1. The van der Waals surface area contributed by atoms with Gasteiger partial charge in [0.1, 0.15) is 5.75 Å². The molecular weight excluding hydrogens is 366 g/mol. The Bertz CT molecular complexity index is 1040. The third kappa shape index (κ3) is 5.19. The molecule has 29 heavy (non-hydrogen) atoms. The van der Waals surface area contributed by atoms with E-state index in [0.29, 0.717) is 23.2 Å². The highest BCUT2D eigenvalue weighted by Crippen LogP contribution is 2.25. The van der Waals surface area contributed by atoms with E-state index < -0.39 is 0 Å². The van der Waals surface area contributed by atoms with Gasteiger partial charge in [0.15, 0.2) is 0 Å². The van der Waals surface area contributed by atoms with E-state index in [9.17, 15) is 14.7 Å². The first-order valence-corrected chi connectivity index (χ1v) is 9.52. The molecule has 6 heteroatoms. The van der Waals surface area contributed by atoms with Crippen LogP contribution in [0.5, 0.6) is 5.75 Å². The number of nitrogens with zero attached hydrogens (tertiary/aromatic N) is 1. The number of phenols is 1. The monoisotopic (exact) mass is 389 g/mol. The highest BCUT2D eigenvalue weighted by Gasteiger charge is 2.07. The second kappa shape index (κ2) is 9.50. The summed E-state index contributed by atoms with van der Waals surface area (Å²) in [7, 11) is 0. The molecule has 0 bridgehead atoms. The van der Waals surface area contributed by atoms with Crippen molar-refractivity contribution in [1.82, 2.24) is 5.43 Å². The van der Waals surface area contributed by atoms with Crippen molar-refractivity contribution in [3.05, 3.63) is 71.8 Å². The molecule has 0 fully saturated rings. The molecule has 3 aromatic carbocycles. The first-order valence-electron chi connectivity index (χ1n) is 9.52. The number of anilines is 1. The van der Waals surface area contributed by atoms with Gasteiger partial charge in [-0.25, -0.2) is 5.43 Å². The quantitative estimate of drug-likeness (QED) is 0.412. The van der Waals surface area contributed by atoms with Gasteiger partial charge in [-0.2, -0.15) is 5.10 Å². The number of aromatic hydroxyl groups is 1. The van der Waals surface area contributed by atoms with Gasteiger partial charge in [0.2, 0.25) is 5.91 Å².